The number of nitrogens with zero attached hydrogens (tertiary/aromatic N) is 1. The summed E-state index contributed by atoms with van der Waals surface area (Å²) in [5.41, 5.74) is 6.85. The average molecular weight is 479 g/mol. The molecule has 1 aliphatic rings. The van der Waals surface area contributed by atoms with Gasteiger partial charge >= 0.3 is 6.18 Å². The summed E-state index contributed by atoms with van der Waals surface area (Å²) in [6.07, 6.45) is 1.28. The molecule has 0 spiro atoms. The summed E-state index contributed by atoms with van der Waals surface area (Å²) in [7, 11) is 1.65. The van der Waals surface area contributed by atoms with E-state index in [-0.39, 0.29) is 11.6 Å². The minimum absolute atomic E-state index is 0.0696. The number of benzene rings is 2. The number of nitrogens with two attached hydrogens (primary N) is 1. The van der Waals surface area contributed by atoms with E-state index in [4.69, 9.17) is 17.3 Å². The number of piperidine rings is 1. The van der Waals surface area contributed by atoms with Crippen molar-refractivity contribution in [2.75, 3.05) is 13.6 Å². The zero-order valence-electron chi connectivity index (χ0n) is 18.1. The lowest BCUT2D eigenvalue weighted by Gasteiger charge is -2.32. The van der Waals surface area contributed by atoms with Crippen molar-refractivity contribution in [3.8, 4) is 0 Å². The lowest BCUT2D eigenvalue weighted by atomic mass is 9.91. The molecule has 0 bridgehead atoms. The predicted octanol–water partition coefficient (Wildman–Crippen LogP) is 4.97. The van der Waals surface area contributed by atoms with Gasteiger partial charge in [-0.3, -0.25) is 9.79 Å². The van der Waals surface area contributed by atoms with Crippen LogP contribution in [0.4, 0.5) is 13.2 Å². The van der Waals surface area contributed by atoms with Gasteiger partial charge in [-0.2, -0.15) is 13.2 Å². The van der Waals surface area contributed by atoms with E-state index in [2.05, 4.69) is 15.6 Å². The maximum atomic E-state index is 13.2. The number of alkyl halides is 3. The van der Waals surface area contributed by atoms with Crippen LogP contribution in [0.5, 0.6) is 0 Å². The fourth-order valence-electron chi connectivity index (χ4n) is 3.96. The molecule has 2 atom stereocenters. The molecule has 2 aromatic rings. The Kier molecular flexibility index (Phi) is 8.15. The van der Waals surface area contributed by atoms with Crippen molar-refractivity contribution < 1.29 is 18.0 Å². The highest BCUT2D eigenvalue weighted by atomic mass is 35.5. The first-order chi connectivity index (χ1) is 15.8. The molecule has 3 rings (SSSR count). The van der Waals surface area contributed by atoms with E-state index in [1.165, 1.54) is 18.3 Å². The molecule has 0 aromatic heterocycles. The van der Waals surface area contributed by atoms with Crippen molar-refractivity contribution in [1.29, 1.82) is 0 Å². The Balaban J connectivity index is 1.92. The number of hydrogen-bond acceptors (Lipinski definition) is 4. The monoisotopic (exact) mass is 478 g/mol. The Morgan fingerprint density at radius 3 is 2.55 bits per heavy atom. The topological polar surface area (TPSA) is 79.5 Å². The highest BCUT2D eigenvalue weighted by Crippen LogP contribution is 2.36. The highest BCUT2D eigenvalue weighted by Gasteiger charge is 2.35. The molecule has 0 saturated carbocycles. The van der Waals surface area contributed by atoms with E-state index in [0.29, 0.717) is 0 Å². The Morgan fingerprint density at radius 1 is 1.24 bits per heavy atom. The van der Waals surface area contributed by atoms with Gasteiger partial charge in [-0.05, 0) is 42.6 Å². The van der Waals surface area contributed by atoms with E-state index in [1.807, 2.05) is 24.3 Å². The third-order valence-electron chi connectivity index (χ3n) is 5.64. The van der Waals surface area contributed by atoms with Crippen LogP contribution in [0.25, 0.3) is 5.57 Å². The Hall–Kier alpha value is -2.84. The summed E-state index contributed by atoms with van der Waals surface area (Å²) in [5.74, 6) is -0.659. The third kappa shape index (κ3) is 5.94. The first-order valence-corrected chi connectivity index (χ1v) is 11.0. The Labute approximate surface area is 195 Å². The van der Waals surface area contributed by atoms with Crippen molar-refractivity contribution in [3.63, 3.8) is 0 Å². The van der Waals surface area contributed by atoms with Gasteiger partial charge in [0, 0.05) is 31.1 Å². The maximum absolute atomic E-state index is 13.2. The Bertz CT molecular complexity index is 1030. The number of carbonyl (C=O) groups is 1. The number of hydrogen-bond donors (Lipinski definition) is 3. The average Bonchev–Trinajstić information content (AvgIpc) is 2.81. The minimum Gasteiger partial charge on any atom is -0.404 e. The molecular formula is C24H26ClF3N4O. The van der Waals surface area contributed by atoms with Crippen LogP contribution in [0, 0.1) is 0 Å². The SMILES string of the molecule is CN=CC(=CN)c1ccc([C@H](NC(=O)c2cccc(C(F)(F)F)c2Cl)[C@@H]2CCCCN2)cc1. The van der Waals surface area contributed by atoms with Crippen LogP contribution < -0.4 is 16.4 Å². The smallest absolute Gasteiger partial charge is 0.404 e. The van der Waals surface area contributed by atoms with Gasteiger partial charge in [0.1, 0.15) is 0 Å². The van der Waals surface area contributed by atoms with Crippen molar-refractivity contribution in [2.45, 2.75) is 37.5 Å². The van der Waals surface area contributed by atoms with Gasteiger partial charge in [-0.1, -0.05) is 48.4 Å². The van der Waals surface area contributed by atoms with Crippen LogP contribution in [-0.4, -0.2) is 31.8 Å². The van der Waals surface area contributed by atoms with Gasteiger partial charge in [0.25, 0.3) is 5.91 Å². The van der Waals surface area contributed by atoms with E-state index < -0.39 is 28.7 Å². The second-order valence-corrected chi connectivity index (χ2v) is 8.18. The van der Waals surface area contributed by atoms with Gasteiger partial charge < -0.3 is 16.4 Å². The van der Waals surface area contributed by atoms with Crippen LogP contribution in [0.3, 0.4) is 0 Å². The standard InChI is InChI=1S/C24H26ClF3N4O/c1-30-14-17(13-29)15-8-10-16(11-9-15)22(20-7-2-3-12-31-20)32-23(33)18-5-4-6-19(21(18)25)24(26,27)28/h4-6,8-11,13-14,20,22,31H,2-3,7,12,29H2,1H3,(H,32,33)/t20-,22-/m0/s1. The first kappa shape index (κ1) is 24.8. The number of aliphatic imine (C=N–C) groups is 1. The fraction of sp³-hybridized carbons (Fsp3) is 0.333. The molecule has 1 amide bonds. The zero-order valence-corrected chi connectivity index (χ0v) is 18.9. The molecule has 9 heteroatoms. The highest BCUT2D eigenvalue weighted by molar-refractivity contribution is 6.34. The molecule has 2 aromatic carbocycles. The molecule has 176 valence electrons. The second kappa shape index (κ2) is 10.9. The van der Waals surface area contributed by atoms with Gasteiger partial charge in [-0.25, -0.2) is 0 Å². The lowest BCUT2D eigenvalue weighted by Crippen LogP contribution is -2.46. The summed E-state index contributed by atoms with van der Waals surface area (Å²) in [6, 6.07) is 10.3. The number of allylic oxidation sites excluding steroid dienone is 1. The molecule has 1 heterocycles. The summed E-state index contributed by atoms with van der Waals surface area (Å²) in [6.45, 7) is 0.798. The van der Waals surface area contributed by atoms with Crippen LogP contribution in [-0.2, 0) is 6.18 Å². The quantitative estimate of drug-likeness (QED) is 0.513. The number of halogens is 4. The van der Waals surface area contributed by atoms with Crippen LogP contribution in [0.1, 0.15) is 52.4 Å². The number of nitrogens with one attached hydrogen (secondary N) is 2. The molecule has 4 N–H and O–H groups in total. The van der Waals surface area contributed by atoms with Crippen LogP contribution in [0.15, 0.2) is 53.7 Å². The van der Waals surface area contributed by atoms with Gasteiger partial charge in [-0.15, -0.1) is 0 Å². The summed E-state index contributed by atoms with van der Waals surface area (Å²) >= 11 is 5.98. The lowest BCUT2D eigenvalue weighted by molar-refractivity contribution is -0.137. The van der Waals surface area contributed by atoms with Gasteiger partial charge in [0.15, 0.2) is 0 Å². The van der Waals surface area contributed by atoms with Crippen LogP contribution >= 0.6 is 11.6 Å². The summed E-state index contributed by atoms with van der Waals surface area (Å²) < 4.78 is 39.7. The molecule has 1 fully saturated rings. The minimum atomic E-state index is -4.65. The van der Waals surface area contributed by atoms with Crippen molar-refractivity contribution >= 4 is 29.3 Å². The molecule has 33 heavy (non-hydrogen) atoms. The van der Waals surface area contributed by atoms with E-state index in [9.17, 15) is 18.0 Å². The largest absolute Gasteiger partial charge is 0.417 e. The van der Waals surface area contributed by atoms with Crippen LogP contribution in [0.2, 0.25) is 5.02 Å². The molecule has 0 aliphatic carbocycles. The van der Waals surface area contributed by atoms with Gasteiger partial charge in [0.05, 0.1) is 22.2 Å². The second-order valence-electron chi connectivity index (χ2n) is 7.80. The summed E-state index contributed by atoms with van der Waals surface area (Å²) in [4.78, 5) is 17.0. The van der Waals surface area contributed by atoms with E-state index in [1.54, 1.807) is 13.3 Å². The molecule has 5 nitrogen and oxygen atoms in total. The normalized spacial score (nSPS) is 18.3. The summed E-state index contributed by atoms with van der Waals surface area (Å²) in [5, 5.41) is 5.71. The molecule has 1 saturated heterocycles. The fourth-order valence-corrected chi connectivity index (χ4v) is 4.28. The third-order valence-corrected chi connectivity index (χ3v) is 6.04. The van der Waals surface area contributed by atoms with Crippen molar-refractivity contribution in [3.05, 3.63) is 75.9 Å². The number of amides is 1. The number of rotatable bonds is 6. The first-order valence-electron chi connectivity index (χ1n) is 10.6. The molecule has 0 unspecified atom stereocenters. The predicted molar refractivity (Wildman–Crippen MR) is 125 cm³/mol. The van der Waals surface area contributed by atoms with Crippen molar-refractivity contribution in [2.24, 2.45) is 10.7 Å². The number of carbonyl (C=O) groups excluding carboxylic acids is 1. The Morgan fingerprint density at radius 2 is 1.97 bits per heavy atom. The van der Waals surface area contributed by atoms with Crippen molar-refractivity contribution in [1.82, 2.24) is 10.6 Å². The van der Waals surface area contributed by atoms with E-state index >= 15 is 0 Å². The zero-order chi connectivity index (χ0) is 24.0. The molecule has 0 radical (unpaired) electrons. The van der Waals surface area contributed by atoms with Gasteiger partial charge in [0.2, 0.25) is 0 Å². The molecular weight excluding hydrogens is 453 g/mol. The molecule has 1 aliphatic heterocycles. The van der Waals surface area contributed by atoms with E-state index in [0.717, 1.165) is 48.6 Å². The maximum Gasteiger partial charge on any atom is 0.417 e.